The summed E-state index contributed by atoms with van der Waals surface area (Å²) < 4.78 is 13.6. The highest BCUT2D eigenvalue weighted by molar-refractivity contribution is 5.63. The van der Waals surface area contributed by atoms with Crippen LogP contribution in [0.4, 0.5) is 10.1 Å². The van der Waals surface area contributed by atoms with Crippen molar-refractivity contribution >= 4 is 5.69 Å². The minimum absolute atomic E-state index is 0.338. The number of hydrogen-bond donors (Lipinski definition) is 1. The molecule has 0 aliphatic rings. The molecule has 0 saturated heterocycles. The Kier molecular flexibility index (Phi) is 2.60. The molecule has 16 heavy (non-hydrogen) atoms. The zero-order valence-electron chi connectivity index (χ0n) is 9.29. The molecule has 2 rings (SSSR count). The van der Waals surface area contributed by atoms with E-state index in [9.17, 15) is 4.39 Å². The average Bonchev–Trinajstić information content (AvgIpc) is 2.22. The van der Waals surface area contributed by atoms with Crippen molar-refractivity contribution in [3.05, 3.63) is 47.4 Å². The van der Waals surface area contributed by atoms with Crippen LogP contribution in [-0.2, 0) is 0 Å². The normalized spacial score (nSPS) is 10.4. The first-order valence-corrected chi connectivity index (χ1v) is 5.06. The summed E-state index contributed by atoms with van der Waals surface area (Å²) >= 11 is 0. The van der Waals surface area contributed by atoms with Gasteiger partial charge in [-0.2, -0.15) is 0 Å². The van der Waals surface area contributed by atoms with Gasteiger partial charge in [-0.15, -0.1) is 0 Å². The largest absolute Gasteiger partial charge is 0.397 e. The molecule has 0 bridgehead atoms. The van der Waals surface area contributed by atoms with E-state index in [1.54, 1.807) is 0 Å². The molecule has 0 fully saturated rings. The molecule has 2 nitrogen and oxygen atoms in total. The van der Waals surface area contributed by atoms with Gasteiger partial charge in [-0.05, 0) is 31.0 Å². The lowest BCUT2D eigenvalue weighted by Crippen LogP contribution is -1.94. The van der Waals surface area contributed by atoms with E-state index >= 15 is 0 Å². The molecule has 0 atom stereocenters. The van der Waals surface area contributed by atoms with Crippen molar-refractivity contribution in [2.75, 3.05) is 5.73 Å². The topological polar surface area (TPSA) is 38.9 Å². The third-order valence-electron chi connectivity index (χ3n) is 2.64. The van der Waals surface area contributed by atoms with Gasteiger partial charge < -0.3 is 5.73 Å². The van der Waals surface area contributed by atoms with E-state index in [2.05, 4.69) is 4.98 Å². The minimum Gasteiger partial charge on any atom is -0.397 e. The van der Waals surface area contributed by atoms with Crippen LogP contribution in [0.3, 0.4) is 0 Å². The zero-order chi connectivity index (χ0) is 11.7. The van der Waals surface area contributed by atoms with Crippen LogP contribution in [-0.4, -0.2) is 4.98 Å². The van der Waals surface area contributed by atoms with Crippen LogP contribution in [0.5, 0.6) is 0 Å². The Morgan fingerprint density at radius 3 is 2.50 bits per heavy atom. The summed E-state index contributed by atoms with van der Waals surface area (Å²) in [4.78, 5) is 4.02. The van der Waals surface area contributed by atoms with Crippen LogP contribution in [0.1, 0.15) is 11.1 Å². The summed E-state index contributed by atoms with van der Waals surface area (Å²) in [7, 11) is 0. The number of anilines is 1. The number of benzene rings is 1. The number of aryl methyl sites for hydroxylation is 2. The van der Waals surface area contributed by atoms with E-state index < -0.39 is 0 Å². The van der Waals surface area contributed by atoms with Crippen molar-refractivity contribution < 1.29 is 4.39 Å². The number of rotatable bonds is 1. The highest BCUT2D eigenvalue weighted by atomic mass is 19.1. The molecule has 0 radical (unpaired) electrons. The van der Waals surface area contributed by atoms with E-state index in [-0.39, 0.29) is 5.82 Å². The molecular formula is C13H13FN2. The highest BCUT2D eigenvalue weighted by Crippen LogP contribution is 2.23. The predicted octanol–water partition coefficient (Wildman–Crippen LogP) is 3.09. The summed E-state index contributed by atoms with van der Waals surface area (Å²) in [6, 6.07) is 7.04. The van der Waals surface area contributed by atoms with Gasteiger partial charge in [0, 0.05) is 11.6 Å². The Morgan fingerprint density at radius 1 is 1.12 bits per heavy atom. The van der Waals surface area contributed by atoms with Gasteiger partial charge in [-0.25, -0.2) is 4.39 Å². The van der Waals surface area contributed by atoms with Gasteiger partial charge in [0.05, 0.1) is 11.9 Å². The summed E-state index contributed by atoms with van der Waals surface area (Å²) in [6.07, 6.45) is 1.47. The number of aromatic nitrogens is 1. The Labute approximate surface area is 93.9 Å². The quantitative estimate of drug-likeness (QED) is 0.795. The van der Waals surface area contributed by atoms with E-state index in [0.29, 0.717) is 11.4 Å². The molecular weight excluding hydrogens is 203 g/mol. The van der Waals surface area contributed by atoms with Crippen LogP contribution < -0.4 is 5.73 Å². The highest BCUT2D eigenvalue weighted by Gasteiger charge is 2.07. The standard InChI is InChI=1S/C13H13FN2/c1-8-3-4-10(5-9(8)2)13-12(14)6-11(15)7-16-13/h3-7H,15H2,1-2H3. The van der Waals surface area contributed by atoms with Gasteiger partial charge in [-0.1, -0.05) is 12.1 Å². The number of halogens is 1. The lowest BCUT2D eigenvalue weighted by atomic mass is 10.0. The number of pyridine rings is 1. The molecule has 0 aliphatic carbocycles. The van der Waals surface area contributed by atoms with E-state index in [1.807, 2.05) is 32.0 Å². The second kappa shape index (κ2) is 3.93. The first-order valence-electron chi connectivity index (χ1n) is 5.06. The minimum atomic E-state index is -0.386. The molecule has 2 aromatic rings. The predicted molar refractivity (Wildman–Crippen MR) is 63.5 cm³/mol. The number of nitrogens with zero attached hydrogens (tertiary/aromatic N) is 1. The van der Waals surface area contributed by atoms with Gasteiger partial charge in [0.2, 0.25) is 0 Å². The fraction of sp³-hybridized carbons (Fsp3) is 0.154. The molecule has 0 saturated carbocycles. The number of nitrogen functional groups attached to an aromatic ring is 1. The van der Waals surface area contributed by atoms with Crippen molar-refractivity contribution in [1.29, 1.82) is 0 Å². The van der Waals surface area contributed by atoms with Gasteiger partial charge in [0.15, 0.2) is 5.82 Å². The fourth-order valence-corrected chi connectivity index (χ4v) is 1.55. The Morgan fingerprint density at radius 2 is 1.88 bits per heavy atom. The number of hydrogen-bond acceptors (Lipinski definition) is 2. The molecule has 0 spiro atoms. The third kappa shape index (κ3) is 1.89. The Hall–Kier alpha value is -1.90. The maximum atomic E-state index is 13.6. The first kappa shape index (κ1) is 10.6. The molecule has 1 aromatic carbocycles. The van der Waals surface area contributed by atoms with Crippen molar-refractivity contribution in [3.8, 4) is 11.3 Å². The van der Waals surface area contributed by atoms with Crippen molar-refractivity contribution in [1.82, 2.24) is 4.98 Å². The second-order valence-electron chi connectivity index (χ2n) is 3.90. The molecule has 1 aromatic heterocycles. The van der Waals surface area contributed by atoms with Gasteiger partial charge in [-0.3, -0.25) is 4.98 Å². The van der Waals surface area contributed by atoms with Crippen LogP contribution in [0.15, 0.2) is 30.5 Å². The van der Waals surface area contributed by atoms with Crippen LogP contribution >= 0.6 is 0 Å². The number of nitrogens with two attached hydrogens (primary N) is 1. The fourth-order valence-electron chi connectivity index (χ4n) is 1.55. The smallest absolute Gasteiger partial charge is 0.151 e. The van der Waals surface area contributed by atoms with Crippen LogP contribution in [0.25, 0.3) is 11.3 Å². The average molecular weight is 216 g/mol. The molecule has 3 heteroatoms. The molecule has 0 aliphatic heterocycles. The zero-order valence-corrected chi connectivity index (χ0v) is 9.29. The molecule has 0 amide bonds. The monoisotopic (exact) mass is 216 g/mol. The van der Waals surface area contributed by atoms with E-state index in [1.165, 1.54) is 17.8 Å². The second-order valence-corrected chi connectivity index (χ2v) is 3.90. The molecule has 0 unspecified atom stereocenters. The maximum absolute atomic E-state index is 13.6. The summed E-state index contributed by atoms with van der Waals surface area (Å²) in [5, 5.41) is 0. The third-order valence-corrected chi connectivity index (χ3v) is 2.64. The van der Waals surface area contributed by atoms with Crippen LogP contribution in [0, 0.1) is 19.7 Å². The van der Waals surface area contributed by atoms with Gasteiger partial charge in [0.1, 0.15) is 5.69 Å². The molecule has 2 N–H and O–H groups in total. The SMILES string of the molecule is Cc1ccc(-c2ncc(N)cc2F)cc1C. The van der Waals surface area contributed by atoms with Gasteiger partial charge in [0.25, 0.3) is 0 Å². The first-order chi connectivity index (χ1) is 7.58. The Bertz CT molecular complexity index is 535. The molecule has 82 valence electrons. The van der Waals surface area contributed by atoms with E-state index in [0.717, 1.165) is 11.1 Å². The lowest BCUT2D eigenvalue weighted by molar-refractivity contribution is 0.626. The van der Waals surface area contributed by atoms with Crippen LogP contribution in [0.2, 0.25) is 0 Å². The van der Waals surface area contributed by atoms with Crippen molar-refractivity contribution in [3.63, 3.8) is 0 Å². The van der Waals surface area contributed by atoms with E-state index in [4.69, 9.17) is 5.73 Å². The summed E-state index contributed by atoms with van der Waals surface area (Å²) in [5.41, 5.74) is 9.22. The summed E-state index contributed by atoms with van der Waals surface area (Å²) in [6.45, 7) is 4.01. The summed E-state index contributed by atoms with van der Waals surface area (Å²) in [5.74, 6) is -0.386. The lowest BCUT2D eigenvalue weighted by Gasteiger charge is -2.06. The van der Waals surface area contributed by atoms with Gasteiger partial charge >= 0.3 is 0 Å². The van der Waals surface area contributed by atoms with Crippen molar-refractivity contribution in [2.45, 2.75) is 13.8 Å². The molecule has 1 heterocycles. The maximum Gasteiger partial charge on any atom is 0.151 e. The Balaban J connectivity index is 2.54. The van der Waals surface area contributed by atoms with Crippen molar-refractivity contribution in [2.24, 2.45) is 0 Å².